The molecular formula is C10H5Cl2NO. The van der Waals surface area contributed by atoms with Gasteiger partial charge in [0, 0.05) is 10.4 Å². The van der Waals surface area contributed by atoms with E-state index in [-0.39, 0.29) is 0 Å². The molecule has 0 aliphatic carbocycles. The van der Waals surface area contributed by atoms with Crippen LogP contribution in [0.15, 0.2) is 24.3 Å². The lowest BCUT2D eigenvalue weighted by molar-refractivity contribution is 0.111. The fourth-order valence-corrected chi connectivity index (χ4v) is 1.68. The molecule has 4 heteroatoms. The van der Waals surface area contributed by atoms with Crippen LogP contribution in [0.25, 0.3) is 10.9 Å². The van der Waals surface area contributed by atoms with Crippen LogP contribution in [0.2, 0.25) is 10.0 Å². The van der Waals surface area contributed by atoms with Crippen molar-refractivity contribution in [1.82, 2.24) is 4.98 Å². The highest BCUT2D eigenvalue weighted by Crippen LogP contribution is 2.25. The third-order valence-electron chi connectivity index (χ3n) is 1.86. The van der Waals surface area contributed by atoms with Crippen molar-refractivity contribution in [2.24, 2.45) is 0 Å². The molecule has 0 saturated carbocycles. The van der Waals surface area contributed by atoms with Crippen LogP contribution < -0.4 is 0 Å². The summed E-state index contributed by atoms with van der Waals surface area (Å²) in [4.78, 5) is 14.6. The van der Waals surface area contributed by atoms with Crippen LogP contribution in [0, 0.1) is 0 Å². The van der Waals surface area contributed by atoms with Gasteiger partial charge in [0.1, 0.15) is 5.69 Å². The van der Waals surface area contributed by atoms with Gasteiger partial charge in [-0.3, -0.25) is 4.79 Å². The Morgan fingerprint density at radius 1 is 1.21 bits per heavy atom. The molecule has 1 aromatic heterocycles. The summed E-state index contributed by atoms with van der Waals surface area (Å²) in [6.07, 6.45) is 0.659. The molecule has 0 N–H and O–H groups in total. The van der Waals surface area contributed by atoms with Crippen LogP contribution in [0.1, 0.15) is 10.5 Å². The van der Waals surface area contributed by atoms with Gasteiger partial charge in [-0.05, 0) is 24.3 Å². The van der Waals surface area contributed by atoms with Gasteiger partial charge in [0.25, 0.3) is 0 Å². The molecule has 70 valence electrons. The number of hydrogen-bond donors (Lipinski definition) is 0. The zero-order valence-electron chi connectivity index (χ0n) is 7.00. The lowest BCUT2D eigenvalue weighted by Crippen LogP contribution is -1.88. The standard InChI is InChI=1S/C10H5Cl2NO/c11-6-1-2-8-9(12)4-7(5-14)13-10(8)3-6/h1-5H. The average Bonchev–Trinajstić information content (AvgIpc) is 2.16. The molecule has 0 aliphatic heterocycles. The third-order valence-corrected chi connectivity index (χ3v) is 2.41. The van der Waals surface area contributed by atoms with Crippen molar-refractivity contribution < 1.29 is 4.79 Å². The number of aldehydes is 1. The van der Waals surface area contributed by atoms with Crippen LogP contribution in [0.3, 0.4) is 0 Å². The highest BCUT2D eigenvalue weighted by atomic mass is 35.5. The zero-order chi connectivity index (χ0) is 10.1. The Morgan fingerprint density at radius 3 is 2.71 bits per heavy atom. The molecule has 0 saturated heterocycles. The fourth-order valence-electron chi connectivity index (χ4n) is 1.24. The number of pyridine rings is 1. The molecule has 0 amide bonds. The van der Waals surface area contributed by atoms with Crippen LogP contribution in [0.4, 0.5) is 0 Å². The van der Waals surface area contributed by atoms with Gasteiger partial charge in [-0.25, -0.2) is 4.98 Å². The molecule has 0 aliphatic rings. The van der Waals surface area contributed by atoms with E-state index in [2.05, 4.69) is 4.98 Å². The summed E-state index contributed by atoms with van der Waals surface area (Å²) in [7, 11) is 0. The monoisotopic (exact) mass is 225 g/mol. The maximum absolute atomic E-state index is 10.5. The molecule has 1 heterocycles. The molecule has 0 atom stereocenters. The highest BCUT2D eigenvalue weighted by molar-refractivity contribution is 6.36. The molecule has 0 radical (unpaired) electrons. The second-order valence-corrected chi connectivity index (χ2v) is 3.65. The summed E-state index contributed by atoms with van der Waals surface area (Å²) < 4.78 is 0. The van der Waals surface area contributed by atoms with Crippen molar-refractivity contribution in [1.29, 1.82) is 0 Å². The Hall–Kier alpha value is -1.12. The third kappa shape index (κ3) is 1.59. The fraction of sp³-hybridized carbons (Fsp3) is 0. The molecule has 14 heavy (non-hydrogen) atoms. The van der Waals surface area contributed by atoms with Gasteiger partial charge in [-0.15, -0.1) is 0 Å². The van der Waals surface area contributed by atoms with Crippen molar-refractivity contribution in [2.75, 3.05) is 0 Å². The molecular weight excluding hydrogens is 221 g/mol. The second kappa shape index (κ2) is 3.56. The summed E-state index contributed by atoms with van der Waals surface area (Å²) in [6.45, 7) is 0. The number of hydrogen-bond acceptors (Lipinski definition) is 2. The number of fused-ring (bicyclic) bond motifs is 1. The zero-order valence-corrected chi connectivity index (χ0v) is 8.51. The van der Waals surface area contributed by atoms with E-state index in [4.69, 9.17) is 23.2 Å². The number of halogens is 2. The van der Waals surface area contributed by atoms with Crippen LogP contribution in [0.5, 0.6) is 0 Å². The smallest absolute Gasteiger partial charge is 0.168 e. The van der Waals surface area contributed by atoms with Crippen molar-refractivity contribution in [3.63, 3.8) is 0 Å². The van der Waals surface area contributed by atoms with Gasteiger partial charge in [0.05, 0.1) is 10.5 Å². The van der Waals surface area contributed by atoms with Gasteiger partial charge >= 0.3 is 0 Å². The molecule has 2 nitrogen and oxygen atoms in total. The quantitative estimate of drug-likeness (QED) is 0.698. The topological polar surface area (TPSA) is 30.0 Å². The maximum atomic E-state index is 10.5. The van der Waals surface area contributed by atoms with Crippen molar-refractivity contribution in [3.05, 3.63) is 40.0 Å². The number of carbonyl (C=O) groups excluding carboxylic acids is 1. The first kappa shape index (κ1) is 9.44. The van der Waals surface area contributed by atoms with Gasteiger partial charge in [0.2, 0.25) is 0 Å². The van der Waals surface area contributed by atoms with Crippen LogP contribution >= 0.6 is 23.2 Å². The summed E-state index contributed by atoms with van der Waals surface area (Å²) in [6, 6.07) is 6.72. The normalized spacial score (nSPS) is 10.4. The van der Waals surface area contributed by atoms with Gasteiger partial charge < -0.3 is 0 Å². The van der Waals surface area contributed by atoms with E-state index in [9.17, 15) is 4.79 Å². The lowest BCUT2D eigenvalue weighted by atomic mass is 10.2. The summed E-state index contributed by atoms with van der Waals surface area (Å²) in [5.74, 6) is 0. The molecule has 2 aromatic rings. The van der Waals surface area contributed by atoms with Crippen LogP contribution in [-0.4, -0.2) is 11.3 Å². The first-order chi connectivity index (χ1) is 6.70. The van der Waals surface area contributed by atoms with E-state index in [1.165, 1.54) is 6.07 Å². The van der Waals surface area contributed by atoms with Gasteiger partial charge in [-0.1, -0.05) is 23.2 Å². The van der Waals surface area contributed by atoms with Gasteiger partial charge in [0.15, 0.2) is 6.29 Å². The molecule has 2 rings (SSSR count). The number of aromatic nitrogens is 1. The predicted molar refractivity (Wildman–Crippen MR) is 57.2 cm³/mol. The van der Waals surface area contributed by atoms with E-state index in [0.717, 1.165) is 5.39 Å². The van der Waals surface area contributed by atoms with E-state index in [1.54, 1.807) is 18.2 Å². The summed E-state index contributed by atoms with van der Waals surface area (Å²) >= 11 is 11.7. The minimum absolute atomic E-state index is 0.310. The first-order valence-corrected chi connectivity index (χ1v) is 4.67. The molecule has 0 unspecified atom stereocenters. The summed E-state index contributed by atoms with van der Waals surface area (Å²) in [5, 5.41) is 1.87. The SMILES string of the molecule is O=Cc1cc(Cl)c2ccc(Cl)cc2n1. The predicted octanol–water partition coefficient (Wildman–Crippen LogP) is 3.35. The Kier molecular flexibility index (Phi) is 2.40. The van der Waals surface area contributed by atoms with Gasteiger partial charge in [-0.2, -0.15) is 0 Å². The maximum Gasteiger partial charge on any atom is 0.168 e. The largest absolute Gasteiger partial charge is 0.296 e. The van der Waals surface area contributed by atoms with E-state index in [0.29, 0.717) is 27.5 Å². The molecule has 0 spiro atoms. The molecule has 0 fully saturated rings. The van der Waals surface area contributed by atoms with E-state index >= 15 is 0 Å². The van der Waals surface area contributed by atoms with Crippen molar-refractivity contribution in [3.8, 4) is 0 Å². The van der Waals surface area contributed by atoms with Crippen molar-refractivity contribution in [2.45, 2.75) is 0 Å². The lowest BCUT2D eigenvalue weighted by Gasteiger charge is -2.01. The minimum atomic E-state index is 0.310. The molecule has 1 aromatic carbocycles. The Labute approximate surface area is 90.5 Å². The van der Waals surface area contributed by atoms with E-state index in [1.807, 2.05) is 0 Å². The number of rotatable bonds is 1. The highest BCUT2D eigenvalue weighted by Gasteiger charge is 2.03. The second-order valence-electron chi connectivity index (χ2n) is 2.81. The van der Waals surface area contributed by atoms with Crippen molar-refractivity contribution >= 4 is 40.4 Å². The Balaban J connectivity index is 2.83. The summed E-state index contributed by atoms with van der Waals surface area (Å²) in [5.41, 5.74) is 0.942. The minimum Gasteiger partial charge on any atom is -0.296 e. The molecule has 0 bridgehead atoms. The average molecular weight is 226 g/mol. The first-order valence-electron chi connectivity index (χ1n) is 3.91. The van der Waals surface area contributed by atoms with Crippen LogP contribution in [-0.2, 0) is 0 Å². The number of carbonyl (C=O) groups is 1. The number of benzene rings is 1. The van der Waals surface area contributed by atoms with E-state index < -0.39 is 0 Å². The number of nitrogens with zero attached hydrogens (tertiary/aromatic N) is 1. The Bertz CT molecular complexity index is 511. The Morgan fingerprint density at radius 2 is 2.00 bits per heavy atom.